The third-order valence-electron chi connectivity index (χ3n) is 5.28. The van der Waals surface area contributed by atoms with Crippen molar-refractivity contribution in [3.63, 3.8) is 0 Å². The highest BCUT2D eigenvalue weighted by Gasteiger charge is 2.42. The van der Waals surface area contributed by atoms with Crippen molar-refractivity contribution in [2.24, 2.45) is 0 Å². The van der Waals surface area contributed by atoms with Crippen LogP contribution in [0.15, 0.2) is 60.2 Å². The highest BCUT2D eigenvalue weighted by atomic mass is 16.2. The van der Waals surface area contributed by atoms with E-state index in [2.05, 4.69) is 0 Å². The first-order valence-electron chi connectivity index (χ1n) is 9.53. The zero-order valence-electron chi connectivity index (χ0n) is 16.0. The van der Waals surface area contributed by atoms with Gasteiger partial charge >= 0.3 is 0 Å². The van der Waals surface area contributed by atoms with Gasteiger partial charge in [-0.15, -0.1) is 0 Å². The predicted molar refractivity (Wildman–Crippen MR) is 107 cm³/mol. The van der Waals surface area contributed by atoms with E-state index in [1.807, 2.05) is 68.4 Å². The fourth-order valence-electron chi connectivity index (χ4n) is 3.95. The van der Waals surface area contributed by atoms with Crippen molar-refractivity contribution < 1.29 is 14.4 Å². The summed E-state index contributed by atoms with van der Waals surface area (Å²) in [6.45, 7) is 4.20. The van der Waals surface area contributed by atoms with Crippen molar-refractivity contribution >= 4 is 29.0 Å². The number of carbonyl (C=O) groups excluding carboxylic acids is 3. The second kappa shape index (κ2) is 7.08. The van der Waals surface area contributed by atoms with Gasteiger partial charge in [-0.2, -0.15) is 0 Å². The molecule has 0 saturated carbocycles. The molecular weight excluding hydrogens is 352 g/mol. The van der Waals surface area contributed by atoms with Gasteiger partial charge < -0.3 is 4.90 Å². The minimum Gasteiger partial charge on any atom is -0.305 e. The molecule has 0 unspecified atom stereocenters. The van der Waals surface area contributed by atoms with Crippen LogP contribution in [-0.4, -0.2) is 35.2 Å². The molecule has 0 bridgehead atoms. The van der Waals surface area contributed by atoms with Crippen molar-refractivity contribution in [1.29, 1.82) is 0 Å². The molecule has 2 aromatic rings. The van der Waals surface area contributed by atoms with E-state index in [0.29, 0.717) is 24.1 Å². The number of fused-ring (bicyclic) bond motifs is 1. The Kier molecular flexibility index (Phi) is 4.59. The lowest BCUT2D eigenvalue weighted by Gasteiger charge is -2.21. The highest BCUT2D eigenvalue weighted by Crippen LogP contribution is 2.41. The van der Waals surface area contributed by atoms with Gasteiger partial charge in [0.1, 0.15) is 0 Å². The van der Waals surface area contributed by atoms with E-state index >= 15 is 0 Å². The monoisotopic (exact) mass is 374 g/mol. The Morgan fingerprint density at radius 1 is 0.893 bits per heavy atom. The van der Waals surface area contributed by atoms with Crippen molar-refractivity contribution in [3.8, 4) is 0 Å². The number of nitrogens with zero attached hydrogens (tertiary/aromatic N) is 2. The van der Waals surface area contributed by atoms with Crippen LogP contribution in [0.1, 0.15) is 31.4 Å². The van der Waals surface area contributed by atoms with Gasteiger partial charge in [0.2, 0.25) is 5.91 Å². The van der Waals surface area contributed by atoms with Gasteiger partial charge in [0.25, 0.3) is 11.8 Å². The molecule has 0 N–H and O–H groups in total. The topological polar surface area (TPSA) is 57.7 Å². The molecule has 0 atom stereocenters. The number of carbonyl (C=O) groups is 3. The number of amides is 3. The van der Waals surface area contributed by atoms with Crippen molar-refractivity contribution in [2.75, 3.05) is 11.4 Å². The minimum atomic E-state index is -0.343. The molecule has 1 saturated heterocycles. The fraction of sp³-hybridized carbons (Fsp3) is 0.261. The molecule has 28 heavy (non-hydrogen) atoms. The van der Waals surface area contributed by atoms with Crippen LogP contribution < -0.4 is 4.90 Å². The first-order chi connectivity index (χ1) is 13.5. The average molecular weight is 374 g/mol. The Morgan fingerprint density at radius 2 is 1.57 bits per heavy atom. The molecule has 1 fully saturated rings. The van der Waals surface area contributed by atoms with Crippen LogP contribution in [0.2, 0.25) is 0 Å². The first-order valence-corrected chi connectivity index (χ1v) is 9.53. The Bertz CT molecular complexity index is 992. The third kappa shape index (κ3) is 2.93. The van der Waals surface area contributed by atoms with Gasteiger partial charge in [-0.3, -0.25) is 19.3 Å². The molecule has 0 aromatic heterocycles. The van der Waals surface area contributed by atoms with Crippen molar-refractivity contribution in [2.45, 2.75) is 32.7 Å². The number of imide groups is 1. The Labute approximate surface area is 164 Å². The smallest absolute Gasteiger partial charge is 0.259 e. The van der Waals surface area contributed by atoms with Crippen LogP contribution in [0.3, 0.4) is 0 Å². The lowest BCUT2D eigenvalue weighted by Crippen LogP contribution is -2.34. The van der Waals surface area contributed by atoms with E-state index in [1.165, 1.54) is 4.90 Å². The van der Waals surface area contributed by atoms with Crippen LogP contribution in [-0.2, 0) is 20.8 Å². The summed E-state index contributed by atoms with van der Waals surface area (Å²) < 4.78 is 0. The van der Waals surface area contributed by atoms with E-state index in [4.69, 9.17) is 0 Å². The van der Waals surface area contributed by atoms with E-state index < -0.39 is 0 Å². The standard InChI is InChI=1S/C23H22N2O3/c1-15(2)25-19-11-7-6-10-17(19)21(23(25)28)18-14-20(26)24(22(18)27)13-12-16-8-4-3-5-9-16/h3-11,15H,12-14H2,1-2H3/b21-18-. The molecule has 0 radical (unpaired) electrons. The lowest BCUT2D eigenvalue weighted by molar-refractivity contribution is -0.137. The summed E-state index contributed by atoms with van der Waals surface area (Å²) in [5.41, 5.74) is 3.30. The zero-order valence-corrected chi connectivity index (χ0v) is 16.0. The minimum absolute atomic E-state index is 0.0189. The molecule has 2 aliphatic heterocycles. The SMILES string of the molecule is CC(C)N1C(=O)/C(=C2/CC(=O)N(CCc3ccccc3)C2=O)c2ccccc21. The maximum absolute atomic E-state index is 13.1. The second-order valence-electron chi connectivity index (χ2n) is 7.40. The maximum atomic E-state index is 13.1. The quantitative estimate of drug-likeness (QED) is 0.610. The number of anilines is 1. The summed E-state index contributed by atoms with van der Waals surface area (Å²) in [5, 5.41) is 0. The molecule has 5 nitrogen and oxygen atoms in total. The molecule has 2 heterocycles. The van der Waals surface area contributed by atoms with Gasteiger partial charge in [0, 0.05) is 23.7 Å². The lowest BCUT2D eigenvalue weighted by atomic mass is 10.00. The Morgan fingerprint density at radius 3 is 2.29 bits per heavy atom. The maximum Gasteiger partial charge on any atom is 0.259 e. The third-order valence-corrected chi connectivity index (χ3v) is 5.28. The summed E-state index contributed by atoms with van der Waals surface area (Å²) >= 11 is 0. The summed E-state index contributed by atoms with van der Waals surface area (Å²) in [6, 6.07) is 17.2. The fourth-order valence-corrected chi connectivity index (χ4v) is 3.95. The second-order valence-corrected chi connectivity index (χ2v) is 7.40. The first kappa shape index (κ1) is 18.2. The summed E-state index contributed by atoms with van der Waals surface area (Å²) in [5.74, 6) is -0.779. The predicted octanol–water partition coefficient (Wildman–Crippen LogP) is 3.20. The molecule has 3 amide bonds. The molecule has 2 aliphatic rings. The van der Waals surface area contributed by atoms with Crippen LogP contribution in [0.4, 0.5) is 5.69 Å². The number of likely N-dealkylation sites (tertiary alicyclic amines) is 1. The average Bonchev–Trinajstić information content (AvgIpc) is 3.13. The largest absolute Gasteiger partial charge is 0.305 e. The van der Waals surface area contributed by atoms with Gasteiger partial charge in [0.15, 0.2) is 0 Å². The molecule has 2 aromatic carbocycles. The number of benzene rings is 2. The molecular formula is C23H22N2O3. The summed E-state index contributed by atoms with van der Waals surface area (Å²) in [6.07, 6.45) is 0.582. The van der Waals surface area contributed by atoms with E-state index in [0.717, 1.165) is 16.8 Å². The normalized spacial score (nSPS) is 19.2. The number of hydrogen-bond acceptors (Lipinski definition) is 3. The van der Waals surface area contributed by atoms with E-state index in [9.17, 15) is 14.4 Å². The van der Waals surface area contributed by atoms with E-state index in [1.54, 1.807) is 4.90 Å². The number of hydrogen-bond donors (Lipinski definition) is 0. The number of para-hydroxylation sites is 1. The van der Waals surface area contributed by atoms with Gasteiger partial charge in [-0.05, 0) is 31.9 Å². The van der Waals surface area contributed by atoms with Crippen LogP contribution in [0.25, 0.3) is 5.57 Å². The van der Waals surface area contributed by atoms with E-state index in [-0.39, 0.29) is 30.2 Å². The molecule has 0 aliphatic carbocycles. The van der Waals surface area contributed by atoms with Gasteiger partial charge in [-0.25, -0.2) is 0 Å². The summed E-state index contributed by atoms with van der Waals surface area (Å²) in [7, 11) is 0. The molecule has 142 valence electrons. The zero-order chi connectivity index (χ0) is 19.8. The Hall–Kier alpha value is -3.21. The van der Waals surface area contributed by atoms with Gasteiger partial charge in [0.05, 0.1) is 17.7 Å². The van der Waals surface area contributed by atoms with Crippen LogP contribution >= 0.6 is 0 Å². The van der Waals surface area contributed by atoms with Crippen molar-refractivity contribution in [3.05, 3.63) is 71.3 Å². The van der Waals surface area contributed by atoms with Crippen LogP contribution in [0.5, 0.6) is 0 Å². The Balaban J connectivity index is 1.67. The van der Waals surface area contributed by atoms with Crippen molar-refractivity contribution in [1.82, 2.24) is 4.90 Å². The summed E-state index contributed by atoms with van der Waals surface area (Å²) in [4.78, 5) is 41.7. The molecule has 4 rings (SSSR count). The highest BCUT2D eigenvalue weighted by molar-refractivity contribution is 6.38. The van der Waals surface area contributed by atoms with Gasteiger partial charge in [-0.1, -0.05) is 48.5 Å². The van der Waals surface area contributed by atoms with Crippen LogP contribution in [0, 0.1) is 0 Å². The molecule has 5 heteroatoms. The molecule has 0 spiro atoms. The number of rotatable bonds is 4.